The van der Waals surface area contributed by atoms with Gasteiger partial charge in [-0.3, -0.25) is 9.59 Å². The Balaban J connectivity index is 1.70. The van der Waals surface area contributed by atoms with Crippen molar-refractivity contribution in [2.45, 2.75) is 51.9 Å². The van der Waals surface area contributed by atoms with Crippen LogP contribution in [-0.2, 0) is 17.8 Å². The maximum absolute atomic E-state index is 12.7. The molecule has 1 heterocycles. The maximum Gasteiger partial charge on any atom is 0.252 e. The Morgan fingerprint density at radius 2 is 1.85 bits per heavy atom. The zero-order valence-electron chi connectivity index (χ0n) is 20.1. The third kappa shape index (κ3) is 5.94. The molecular weight excluding hydrogens is 446 g/mol. The molecule has 2 aromatic carbocycles. The second-order valence-corrected chi connectivity index (χ2v) is 8.99. The molecule has 0 radical (unpaired) electrons. The van der Waals surface area contributed by atoms with Crippen molar-refractivity contribution in [2.75, 3.05) is 11.1 Å². The third-order valence-electron chi connectivity index (χ3n) is 5.52. The molecule has 0 bridgehead atoms. The van der Waals surface area contributed by atoms with E-state index in [9.17, 15) is 9.59 Å². The van der Waals surface area contributed by atoms with E-state index in [2.05, 4.69) is 34.3 Å². The van der Waals surface area contributed by atoms with Gasteiger partial charge in [0.2, 0.25) is 5.91 Å². The molecular formula is C26H31N5O2S. The fourth-order valence-corrected chi connectivity index (χ4v) is 4.46. The summed E-state index contributed by atoms with van der Waals surface area (Å²) in [7, 11) is 0. The van der Waals surface area contributed by atoms with Crippen LogP contribution in [-0.4, -0.2) is 32.3 Å². The van der Waals surface area contributed by atoms with Gasteiger partial charge in [-0.2, -0.15) is 0 Å². The lowest BCUT2D eigenvalue weighted by Gasteiger charge is -2.16. The number of thioether (sulfide) groups is 1. The maximum atomic E-state index is 12.7. The van der Waals surface area contributed by atoms with Crippen LogP contribution in [0.2, 0.25) is 0 Å². The van der Waals surface area contributed by atoms with E-state index >= 15 is 0 Å². The van der Waals surface area contributed by atoms with Crippen LogP contribution in [0.4, 0.5) is 5.69 Å². The molecule has 0 unspecified atom stereocenters. The van der Waals surface area contributed by atoms with E-state index in [1.165, 1.54) is 11.8 Å². The molecule has 0 aliphatic heterocycles. The number of carbonyl (C=O) groups excluding carboxylic acids is 2. The van der Waals surface area contributed by atoms with Gasteiger partial charge in [0, 0.05) is 17.8 Å². The Bertz CT molecular complexity index is 1190. The van der Waals surface area contributed by atoms with E-state index in [1.54, 1.807) is 12.1 Å². The molecule has 7 nitrogen and oxygen atoms in total. The highest BCUT2D eigenvalue weighted by Gasteiger charge is 2.21. The summed E-state index contributed by atoms with van der Waals surface area (Å²) in [6, 6.07) is 13.1. The summed E-state index contributed by atoms with van der Waals surface area (Å²) >= 11 is 1.31. The Hall–Kier alpha value is -3.39. The molecule has 3 rings (SSSR count). The van der Waals surface area contributed by atoms with Gasteiger partial charge in [0.1, 0.15) is 0 Å². The van der Waals surface area contributed by atoms with Crippen molar-refractivity contribution in [2.24, 2.45) is 0 Å². The molecule has 0 saturated carbocycles. The summed E-state index contributed by atoms with van der Waals surface area (Å²) in [4.78, 5) is 25.4. The lowest BCUT2D eigenvalue weighted by molar-refractivity contribution is -0.113. The predicted molar refractivity (Wildman–Crippen MR) is 137 cm³/mol. The molecule has 1 atom stereocenters. The summed E-state index contributed by atoms with van der Waals surface area (Å²) in [5, 5.41) is 15.2. The first-order valence-electron chi connectivity index (χ1n) is 11.3. The van der Waals surface area contributed by atoms with Crippen LogP contribution in [0.3, 0.4) is 0 Å². The Morgan fingerprint density at radius 3 is 2.56 bits per heavy atom. The molecule has 178 valence electrons. The van der Waals surface area contributed by atoms with Gasteiger partial charge >= 0.3 is 0 Å². The molecule has 1 aromatic heterocycles. The number of hydrogen-bond acceptors (Lipinski definition) is 5. The second kappa shape index (κ2) is 11.7. The standard InChI is InChI=1S/C26H31N5O2S/c1-6-15-31-24(19(5)27-25(33)21-14-9-8-11-17(21)3)29-30-26(31)34-16-22(32)28-23-18(4)12-10-13-20(23)7-2/h6,8-14,19H,1,7,15-16H2,2-5H3,(H,27,33)(H,28,32)/t19-/m0/s1. The predicted octanol–water partition coefficient (Wildman–Crippen LogP) is 4.87. The average Bonchev–Trinajstić information content (AvgIpc) is 3.22. The van der Waals surface area contributed by atoms with E-state index in [0.29, 0.717) is 23.1 Å². The molecule has 3 aromatic rings. The number of carbonyl (C=O) groups is 2. The van der Waals surface area contributed by atoms with Gasteiger partial charge in [-0.05, 0) is 49.9 Å². The first-order chi connectivity index (χ1) is 16.3. The summed E-state index contributed by atoms with van der Waals surface area (Å²) in [6.45, 7) is 12.1. The second-order valence-electron chi connectivity index (χ2n) is 8.05. The van der Waals surface area contributed by atoms with Gasteiger partial charge in [0.15, 0.2) is 11.0 Å². The normalized spacial score (nSPS) is 11.6. The van der Waals surface area contributed by atoms with E-state index in [-0.39, 0.29) is 23.6 Å². The van der Waals surface area contributed by atoms with Crippen LogP contribution in [0.1, 0.15) is 52.8 Å². The van der Waals surface area contributed by atoms with Gasteiger partial charge in [-0.25, -0.2) is 0 Å². The largest absolute Gasteiger partial charge is 0.342 e. The number of nitrogens with zero attached hydrogens (tertiary/aromatic N) is 3. The minimum atomic E-state index is -0.373. The summed E-state index contributed by atoms with van der Waals surface area (Å²) in [6.07, 6.45) is 2.58. The van der Waals surface area contributed by atoms with Gasteiger partial charge in [-0.15, -0.1) is 16.8 Å². The molecule has 34 heavy (non-hydrogen) atoms. The Labute approximate surface area is 205 Å². The van der Waals surface area contributed by atoms with Gasteiger partial charge in [-0.1, -0.05) is 61.2 Å². The number of aromatic nitrogens is 3. The number of amides is 2. The van der Waals surface area contributed by atoms with E-state index < -0.39 is 0 Å². The minimum absolute atomic E-state index is 0.107. The van der Waals surface area contributed by atoms with E-state index in [4.69, 9.17) is 0 Å². The first kappa shape index (κ1) is 25.2. The van der Waals surface area contributed by atoms with Crippen molar-refractivity contribution in [3.05, 3.63) is 83.2 Å². The summed E-state index contributed by atoms with van der Waals surface area (Å²) in [5.74, 6) is 0.523. The average molecular weight is 478 g/mol. The highest BCUT2D eigenvalue weighted by atomic mass is 32.2. The van der Waals surface area contributed by atoms with Crippen LogP contribution in [0.25, 0.3) is 0 Å². The Morgan fingerprint density at radius 1 is 1.12 bits per heavy atom. The van der Waals surface area contributed by atoms with Crippen LogP contribution < -0.4 is 10.6 Å². The molecule has 0 saturated heterocycles. The zero-order chi connectivity index (χ0) is 24.7. The summed E-state index contributed by atoms with van der Waals surface area (Å²) < 4.78 is 1.87. The summed E-state index contributed by atoms with van der Waals surface area (Å²) in [5.41, 5.74) is 4.54. The lowest BCUT2D eigenvalue weighted by atomic mass is 10.1. The number of allylic oxidation sites excluding steroid dienone is 1. The van der Waals surface area contributed by atoms with Crippen molar-refractivity contribution in [1.82, 2.24) is 20.1 Å². The lowest BCUT2D eigenvalue weighted by Crippen LogP contribution is -2.29. The van der Waals surface area contributed by atoms with Crippen molar-refractivity contribution in [3.63, 3.8) is 0 Å². The van der Waals surface area contributed by atoms with Crippen LogP contribution in [0, 0.1) is 13.8 Å². The van der Waals surface area contributed by atoms with E-state index in [1.807, 2.05) is 61.7 Å². The first-order valence-corrected chi connectivity index (χ1v) is 12.3. The smallest absolute Gasteiger partial charge is 0.252 e. The molecule has 0 spiro atoms. The third-order valence-corrected chi connectivity index (χ3v) is 6.49. The quantitative estimate of drug-likeness (QED) is 0.321. The van der Waals surface area contributed by atoms with Crippen molar-refractivity contribution < 1.29 is 9.59 Å². The van der Waals surface area contributed by atoms with Gasteiger partial charge in [0.25, 0.3) is 5.91 Å². The molecule has 0 aliphatic carbocycles. The van der Waals surface area contributed by atoms with Crippen LogP contribution in [0.5, 0.6) is 0 Å². The topological polar surface area (TPSA) is 88.9 Å². The molecule has 2 amide bonds. The number of aryl methyl sites for hydroxylation is 3. The Kier molecular flexibility index (Phi) is 8.65. The van der Waals surface area contributed by atoms with Crippen LogP contribution >= 0.6 is 11.8 Å². The van der Waals surface area contributed by atoms with Gasteiger partial charge in [0.05, 0.1) is 11.8 Å². The highest BCUT2D eigenvalue weighted by molar-refractivity contribution is 7.99. The number of benzene rings is 2. The number of para-hydroxylation sites is 1. The van der Waals surface area contributed by atoms with Crippen molar-refractivity contribution in [3.8, 4) is 0 Å². The van der Waals surface area contributed by atoms with Gasteiger partial charge < -0.3 is 15.2 Å². The van der Waals surface area contributed by atoms with E-state index in [0.717, 1.165) is 28.8 Å². The number of nitrogens with one attached hydrogen (secondary N) is 2. The molecule has 0 aliphatic rings. The molecule has 2 N–H and O–H groups in total. The SMILES string of the molecule is C=CCn1c(SCC(=O)Nc2c(C)cccc2CC)nnc1[C@H](C)NC(=O)c1ccccc1C. The van der Waals surface area contributed by atoms with Crippen molar-refractivity contribution in [1.29, 1.82) is 0 Å². The highest BCUT2D eigenvalue weighted by Crippen LogP contribution is 2.24. The monoisotopic (exact) mass is 477 g/mol. The van der Waals surface area contributed by atoms with Crippen LogP contribution in [0.15, 0.2) is 60.3 Å². The fourth-order valence-electron chi connectivity index (χ4n) is 3.70. The fraction of sp³-hybridized carbons (Fsp3) is 0.308. The van der Waals surface area contributed by atoms with Crippen molar-refractivity contribution >= 4 is 29.3 Å². The minimum Gasteiger partial charge on any atom is -0.342 e. The zero-order valence-corrected chi connectivity index (χ0v) is 20.9. The number of anilines is 1. The number of rotatable bonds is 10. The number of hydrogen-bond donors (Lipinski definition) is 2. The molecule has 8 heteroatoms. The molecule has 0 fully saturated rings.